The Morgan fingerprint density at radius 3 is 3.00 bits per heavy atom. The summed E-state index contributed by atoms with van der Waals surface area (Å²) in [5.41, 5.74) is 0. The standard InChI is InChI=1S/C10H19NO2/c1-3-4-8-7-11-6-5-9(8)10(12)13-2/h8-9,11H,3-7H2,1-2H3. The zero-order chi connectivity index (χ0) is 9.68. The first kappa shape index (κ1) is 10.5. The number of ether oxygens (including phenoxy) is 1. The van der Waals surface area contributed by atoms with Crippen LogP contribution < -0.4 is 5.32 Å². The summed E-state index contributed by atoms with van der Waals surface area (Å²) in [5, 5.41) is 3.32. The molecule has 3 nitrogen and oxygen atoms in total. The lowest BCUT2D eigenvalue weighted by Gasteiger charge is -2.29. The Hall–Kier alpha value is -0.570. The highest BCUT2D eigenvalue weighted by atomic mass is 16.5. The molecule has 76 valence electrons. The summed E-state index contributed by atoms with van der Waals surface area (Å²) in [6.45, 7) is 4.07. The minimum Gasteiger partial charge on any atom is -0.469 e. The zero-order valence-electron chi connectivity index (χ0n) is 8.51. The van der Waals surface area contributed by atoms with Crippen LogP contribution in [0.3, 0.4) is 0 Å². The monoisotopic (exact) mass is 185 g/mol. The van der Waals surface area contributed by atoms with Gasteiger partial charge in [-0.05, 0) is 31.8 Å². The van der Waals surface area contributed by atoms with Crippen molar-refractivity contribution in [1.82, 2.24) is 5.32 Å². The lowest BCUT2D eigenvalue weighted by atomic mass is 9.83. The van der Waals surface area contributed by atoms with Crippen LogP contribution in [0.2, 0.25) is 0 Å². The lowest BCUT2D eigenvalue weighted by Crippen LogP contribution is -2.40. The Morgan fingerprint density at radius 2 is 2.38 bits per heavy atom. The number of nitrogens with one attached hydrogen (secondary N) is 1. The molecule has 1 heterocycles. The summed E-state index contributed by atoms with van der Waals surface area (Å²) in [4.78, 5) is 11.4. The van der Waals surface area contributed by atoms with Crippen molar-refractivity contribution in [2.24, 2.45) is 11.8 Å². The average molecular weight is 185 g/mol. The summed E-state index contributed by atoms with van der Waals surface area (Å²) >= 11 is 0. The fourth-order valence-corrected chi connectivity index (χ4v) is 2.06. The van der Waals surface area contributed by atoms with Crippen LogP contribution in [-0.4, -0.2) is 26.2 Å². The van der Waals surface area contributed by atoms with Crippen LogP contribution in [0.5, 0.6) is 0 Å². The van der Waals surface area contributed by atoms with E-state index in [-0.39, 0.29) is 11.9 Å². The van der Waals surface area contributed by atoms with E-state index in [2.05, 4.69) is 12.2 Å². The number of esters is 1. The van der Waals surface area contributed by atoms with Gasteiger partial charge in [-0.15, -0.1) is 0 Å². The Labute approximate surface area is 79.8 Å². The first-order valence-electron chi connectivity index (χ1n) is 5.08. The SMILES string of the molecule is CCCC1CNCCC1C(=O)OC. The van der Waals surface area contributed by atoms with E-state index in [1.165, 1.54) is 7.11 Å². The number of hydrogen-bond acceptors (Lipinski definition) is 3. The first-order valence-corrected chi connectivity index (χ1v) is 5.08. The molecule has 1 fully saturated rings. The van der Waals surface area contributed by atoms with Gasteiger partial charge in [0.2, 0.25) is 0 Å². The number of rotatable bonds is 3. The summed E-state index contributed by atoms with van der Waals surface area (Å²) in [7, 11) is 1.48. The van der Waals surface area contributed by atoms with Gasteiger partial charge in [0.05, 0.1) is 13.0 Å². The normalized spacial score (nSPS) is 28.5. The molecule has 0 amide bonds. The number of methoxy groups -OCH3 is 1. The molecule has 0 aromatic heterocycles. The number of piperidine rings is 1. The number of hydrogen-bond donors (Lipinski definition) is 1. The van der Waals surface area contributed by atoms with Gasteiger partial charge in [0.15, 0.2) is 0 Å². The Kier molecular flexibility index (Phi) is 4.22. The summed E-state index contributed by atoms with van der Waals surface area (Å²) in [6.07, 6.45) is 3.18. The minimum atomic E-state index is -0.0278. The van der Waals surface area contributed by atoms with Crippen molar-refractivity contribution in [2.75, 3.05) is 20.2 Å². The van der Waals surface area contributed by atoms with Gasteiger partial charge in [-0.25, -0.2) is 0 Å². The Bertz CT molecular complexity index is 168. The number of carbonyl (C=O) groups excluding carboxylic acids is 1. The van der Waals surface area contributed by atoms with Gasteiger partial charge in [0.25, 0.3) is 0 Å². The van der Waals surface area contributed by atoms with Crippen LogP contribution in [0.15, 0.2) is 0 Å². The maximum atomic E-state index is 11.4. The van der Waals surface area contributed by atoms with Crippen molar-refractivity contribution >= 4 is 5.97 Å². The van der Waals surface area contributed by atoms with Crippen molar-refractivity contribution < 1.29 is 9.53 Å². The van der Waals surface area contributed by atoms with Crippen molar-refractivity contribution in [3.8, 4) is 0 Å². The van der Waals surface area contributed by atoms with Crippen LogP contribution in [-0.2, 0) is 9.53 Å². The van der Waals surface area contributed by atoms with Gasteiger partial charge in [-0.2, -0.15) is 0 Å². The molecule has 1 saturated heterocycles. The molecular weight excluding hydrogens is 166 g/mol. The fraction of sp³-hybridized carbons (Fsp3) is 0.900. The third-order valence-electron chi connectivity index (χ3n) is 2.77. The molecule has 2 unspecified atom stereocenters. The van der Waals surface area contributed by atoms with Gasteiger partial charge >= 0.3 is 5.97 Å². The number of carbonyl (C=O) groups is 1. The molecular formula is C10H19NO2. The van der Waals surface area contributed by atoms with E-state index in [0.717, 1.165) is 32.4 Å². The molecule has 0 saturated carbocycles. The maximum absolute atomic E-state index is 11.4. The van der Waals surface area contributed by atoms with Crippen LogP contribution in [0.4, 0.5) is 0 Å². The summed E-state index contributed by atoms with van der Waals surface area (Å²) < 4.78 is 4.80. The highest BCUT2D eigenvalue weighted by Gasteiger charge is 2.30. The molecule has 0 aromatic rings. The van der Waals surface area contributed by atoms with Crippen LogP contribution in [0.25, 0.3) is 0 Å². The van der Waals surface area contributed by atoms with Gasteiger partial charge in [0, 0.05) is 0 Å². The third kappa shape index (κ3) is 2.69. The van der Waals surface area contributed by atoms with E-state index < -0.39 is 0 Å². The molecule has 0 radical (unpaired) electrons. The van der Waals surface area contributed by atoms with Crippen LogP contribution >= 0.6 is 0 Å². The lowest BCUT2D eigenvalue weighted by molar-refractivity contribution is -0.148. The van der Waals surface area contributed by atoms with Gasteiger partial charge in [-0.1, -0.05) is 13.3 Å². The molecule has 0 aliphatic carbocycles. The second kappa shape index (κ2) is 5.22. The molecule has 0 aromatic carbocycles. The highest BCUT2D eigenvalue weighted by molar-refractivity contribution is 5.72. The van der Waals surface area contributed by atoms with Crippen molar-refractivity contribution in [1.29, 1.82) is 0 Å². The smallest absolute Gasteiger partial charge is 0.309 e. The first-order chi connectivity index (χ1) is 6.29. The minimum absolute atomic E-state index is 0.0278. The predicted molar refractivity (Wildman–Crippen MR) is 51.4 cm³/mol. The van der Waals surface area contributed by atoms with Crippen LogP contribution in [0, 0.1) is 11.8 Å². The van der Waals surface area contributed by atoms with E-state index in [0.29, 0.717) is 5.92 Å². The maximum Gasteiger partial charge on any atom is 0.309 e. The molecule has 3 heteroatoms. The molecule has 1 aliphatic rings. The molecule has 1 N–H and O–H groups in total. The van der Waals surface area contributed by atoms with E-state index >= 15 is 0 Å². The second-order valence-electron chi connectivity index (χ2n) is 3.67. The largest absolute Gasteiger partial charge is 0.469 e. The second-order valence-corrected chi connectivity index (χ2v) is 3.67. The summed E-state index contributed by atoms with van der Waals surface area (Å²) in [5.74, 6) is 0.581. The fourth-order valence-electron chi connectivity index (χ4n) is 2.06. The van der Waals surface area contributed by atoms with Gasteiger partial charge in [-0.3, -0.25) is 4.79 Å². The zero-order valence-corrected chi connectivity index (χ0v) is 8.51. The van der Waals surface area contributed by atoms with E-state index in [4.69, 9.17) is 4.74 Å². The molecule has 2 atom stereocenters. The quantitative estimate of drug-likeness (QED) is 0.671. The highest BCUT2D eigenvalue weighted by Crippen LogP contribution is 2.24. The Balaban J connectivity index is 2.50. The predicted octanol–water partition coefficient (Wildman–Crippen LogP) is 1.19. The van der Waals surface area contributed by atoms with Crippen molar-refractivity contribution in [3.05, 3.63) is 0 Å². The van der Waals surface area contributed by atoms with Crippen molar-refractivity contribution in [3.63, 3.8) is 0 Å². The topological polar surface area (TPSA) is 38.3 Å². The summed E-state index contributed by atoms with van der Waals surface area (Å²) in [6, 6.07) is 0. The molecule has 0 bridgehead atoms. The van der Waals surface area contributed by atoms with E-state index in [1.807, 2.05) is 0 Å². The Morgan fingerprint density at radius 1 is 1.62 bits per heavy atom. The van der Waals surface area contributed by atoms with E-state index in [1.54, 1.807) is 0 Å². The van der Waals surface area contributed by atoms with Gasteiger partial charge < -0.3 is 10.1 Å². The van der Waals surface area contributed by atoms with Crippen molar-refractivity contribution in [2.45, 2.75) is 26.2 Å². The molecule has 0 spiro atoms. The molecule has 1 rings (SSSR count). The molecule has 13 heavy (non-hydrogen) atoms. The van der Waals surface area contributed by atoms with Crippen LogP contribution in [0.1, 0.15) is 26.2 Å². The van der Waals surface area contributed by atoms with E-state index in [9.17, 15) is 4.79 Å². The molecule has 1 aliphatic heterocycles. The van der Waals surface area contributed by atoms with Gasteiger partial charge in [0.1, 0.15) is 0 Å². The third-order valence-corrected chi connectivity index (χ3v) is 2.77. The average Bonchev–Trinajstić information content (AvgIpc) is 2.18.